The van der Waals surface area contributed by atoms with Crippen molar-refractivity contribution in [2.75, 3.05) is 6.61 Å². The molecule has 1 unspecified atom stereocenters. The number of ether oxygens (including phenoxy) is 1. The van der Waals surface area contributed by atoms with E-state index in [1.165, 1.54) is 6.07 Å². The quantitative estimate of drug-likeness (QED) is 0.486. The second kappa shape index (κ2) is 2.48. The molecule has 4 heteroatoms. The zero-order valence-electron chi connectivity index (χ0n) is 6.90. The summed E-state index contributed by atoms with van der Waals surface area (Å²) in [6, 6.07) is 2.11. The van der Waals surface area contributed by atoms with Crippen molar-refractivity contribution in [3.8, 4) is 0 Å². The van der Waals surface area contributed by atoms with E-state index in [9.17, 15) is 13.2 Å². The predicted octanol–water partition coefficient (Wildman–Crippen LogP) is 2.35. The molecule has 1 atom stereocenters. The lowest BCUT2D eigenvalue weighted by molar-refractivity contribution is 0.315. The number of benzene rings is 1. The molecule has 1 nitrogen and oxygen atoms in total. The average molecular weight is 188 g/mol. The molecule has 70 valence electrons. The van der Waals surface area contributed by atoms with Gasteiger partial charge < -0.3 is 4.74 Å². The van der Waals surface area contributed by atoms with Crippen LogP contribution < -0.4 is 0 Å². The molecule has 1 saturated heterocycles. The molecule has 0 aliphatic carbocycles. The van der Waals surface area contributed by atoms with Crippen molar-refractivity contribution < 1.29 is 17.9 Å². The molecule has 1 aromatic rings. The van der Waals surface area contributed by atoms with Gasteiger partial charge >= 0.3 is 0 Å². The first kappa shape index (κ1) is 8.56. The monoisotopic (exact) mass is 188 g/mol. The average Bonchev–Trinajstić information content (AvgIpc) is 2.80. The molecule has 0 aromatic heterocycles. The van der Waals surface area contributed by atoms with Crippen LogP contribution in [-0.2, 0) is 10.3 Å². The Morgan fingerprint density at radius 3 is 2.38 bits per heavy atom. The van der Waals surface area contributed by atoms with Crippen LogP contribution in [0.15, 0.2) is 12.1 Å². The lowest BCUT2D eigenvalue weighted by Gasteiger charge is -2.07. The van der Waals surface area contributed by atoms with E-state index in [1.54, 1.807) is 6.92 Å². The smallest absolute Gasteiger partial charge is 0.194 e. The molecule has 13 heavy (non-hydrogen) atoms. The zero-order chi connectivity index (χ0) is 9.64. The number of hydrogen-bond donors (Lipinski definition) is 0. The topological polar surface area (TPSA) is 12.5 Å². The number of halogens is 3. The van der Waals surface area contributed by atoms with Crippen LogP contribution in [0.25, 0.3) is 0 Å². The Hall–Kier alpha value is -1.03. The van der Waals surface area contributed by atoms with Crippen molar-refractivity contribution in [1.29, 1.82) is 0 Å². The van der Waals surface area contributed by atoms with E-state index in [0.29, 0.717) is 6.61 Å². The Labute approximate surface area is 73.1 Å². The largest absolute Gasteiger partial charge is 0.365 e. The number of hydrogen-bond acceptors (Lipinski definition) is 1. The summed E-state index contributed by atoms with van der Waals surface area (Å²) >= 11 is 0. The van der Waals surface area contributed by atoms with Crippen LogP contribution in [0.3, 0.4) is 0 Å². The lowest BCUT2D eigenvalue weighted by Crippen LogP contribution is -2.08. The molecule has 1 aromatic carbocycles. The highest BCUT2D eigenvalue weighted by atomic mass is 19.2. The van der Waals surface area contributed by atoms with Crippen molar-refractivity contribution >= 4 is 0 Å². The van der Waals surface area contributed by atoms with Gasteiger partial charge in [0.2, 0.25) is 0 Å². The summed E-state index contributed by atoms with van der Waals surface area (Å²) < 4.78 is 43.3. The van der Waals surface area contributed by atoms with E-state index in [0.717, 1.165) is 6.07 Å². The molecule has 1 aliphatic rings. The van der Waals surface area contributed by atoms with Crippen LogP contribution in [0.2, 0.25) is 0 Å². The van der Waals surface area contributed by atoms with Gasteiger partial charge in [-0.3, -0.25) is 0 Å². The van der Waals surface area contributed by atoms with Gasteiger partial charge in [0.1, 0.15) is 5.60 Å². The lowest BCUT2D eigenvalue weighted by atomic mass is 10.0. The summed E-state index contributed by atoms with van der Waals surface area (Å²) in [5, 5.41) is 0. The Kier molecular flexibility index (Phi) is 1.63. The Morgan fingerprint density at radius 2 is 1.85 bits per heavy atom. The molecule has 0 amide bonds. The van der Waals surface area contributed by atoms with Gasteiger partial charge in [-0.25, -0.2) is 13.2 Å². The van der Waals surface area contributed by atoms with Gasteiger partial charge in [0.05, 0.1) is 6.61 Å². The van der Waals surface area contributed by atoms with Gasteiger partial charge in [-0.15, -0.1) is 0 Å². The fourth-order valence-corrected chi connectivity index (χ4v) is 1.20. The molecule has 0 radical (unpaired) electrons. The van der Waals surface area contributed by atoms with Gasteiger partial charge in [-0.05, 0) is 19.1 Å². The van der Waals surface area contributed by atoms with E-state index < -0.39 is 23.1 Å². The summed E-state index contributed by atoms with van der Waals surface area (Å²) in [6.45, 7) is 1.97. The molecule has 2 rings (SSSR count). The van der Waals surface area contributed by atoms with Crippen LogP contribution in [-0.4, -0.2) is 6.61 Å². The molecule has 0 saturated carbocycles. The van der Waals surface area contributed by atoms with E-state index in [-0.39, 0.29) is 5.56 Å². The van der Waals surface area contributed by atoms with E-state index >= 15 is 0 Å². The normalized spacial score (nSPS) is 26.2. The molecular weight excluding hydrogens is 181 g/mol. The van der Waals surface area contributed by atoms with Crippen molar-refractivity contribution in [3.63, 3.8) is 0 Å². The van der Waals surface area contributed by atoms with Crippen molar-refractivity contribution in [2.24, 2.45) is 0 Å². The Morgan fingerprint density at radius 1 is 1.23 bits per heavy atom. The first-order valence-corrected chi connectivity index (χ1v) is 3.82. The first-order chi connectivity index (χ1) is 6.04. The van der Waals surface area contributed by atoms with Gasteiger partial charge in [0.15, 0.2) is 17.5 Å². The van der Waals surface area contributed by atoms with Crippen molar-refractivity contribution in [1.82, 2.24) is 0 Å². The van der Waals surface area contributed by atoms with Crippen molar-refractivity contribution in [2.45, 2.75) is 12.5 Å². The molecule has 0 N–H and O–H groups in total. The molecule has 1 aliphatic heterocycles. The summed E-state index contributed by atoms with van der Waals surface area (Å²) in [6.07, 6.45) is 0. The van der Waals surface area contributed by atoms with Crippen LogP contribution in [0.5, 0.6) is 0 Å². The third-order valence-electron chi connectivity index (χ3n) is 2.18. The third kappa shape index (κ3) is 1.21. The summed E-state index contributed by atoms with van der Waals surface area (Å²) in [7, 11) is 0. The fraction of sp³-hybridized carbons (Fsp3) is 0.333. The van der Waals surface area contributed by atoms with E-state index in [4.69, 9.17) is 4.74 Å². The molecule has 0 spiro atoms. The minimum absolute atomic E-state index is 0.0754. The predicted molar refractivity (Wildman–Crippen MR) is 39.6 cm³/mol. The molecule has 1 heterocycles. The highest BCUT2D eigenvalue weighted by Crippen LogP contribution is 2.39. The third-order valence-corrected chi connectivity index (χ3v) is 2.18. The fourth-order valence-electron chi connectivity index (χ4n) is 1.20. The van der Waals surface area contributed by atoms with Gasteiger partial charge in [0, 0.05) is 5.56 Å². The second-order valence-corrected chi connectivity index (χ2v) is 3.24. The minimum Gasteiger partial charge on any atom is -0.365 e. The summed E-state index contributed by atoms with van der Waals surface area (Å²) in [4.78, 5) is 0. The SMILES string of the molecule is CC1(c2ccc(F)c(F)c2F)CO1. The molecular formula is C9H7F3O. The number of rotatable bonds is 1. The highest BCUT2D eigenvalue weighted by molar-refractivity contribution is 5.28. The number of epoxide rings is 1. The summed E-state index contributed by atoms with van der Waals surface area (Å²) in [5.41, 5.74) is -0.690. The summed E-state index contributed by atoms with van der Waals surface area (Å²) in [5.74, 6) is -3.76. The maximum absolute atomic E-state index is 13.1. The van der Waals surface area contributed by atoms with E-state index in [1.807, 2.05) is 0 Å². The molecule has 1 fully saturated rings. The van der Waals surface area contributed by atoms with E-state index in [2.05, 4.69) is 0 Å². The second-order valence-electron chi connectivity index (χ2n) is 3.24. The minimum atomic E-state index is -1.44. The highest BCUT2D eigenvalue weighted by Gasteiger charge is 2.44. The van der Waals surface area contributed by atoms with Gasteiger partial charge in [0.25, 0.3) is 0 Å². The van der Waals surface area contributed by atoms with Crippen LogP contribution in [0.4, 0.5) is 13.2 Å². The van der Waals surface area contributed by atoms with Crippen LogP contribution in [0, 0.1) is 17.5 Å². The zero-order valence-corrected chi connectivity index (χ0v) is 6.90. The Balaban J connectivity index is 2.54. The van der Waals surface area contributed by atoms with Gasteiger partial charge in [-0.2, -0.15) is 0 Å². The van der Waals surface area contributed by atoms with Gasteiger partial charge in [-0.1, -0.05) is 0 Å². The van der Waals surface area contributed by atoms with Crippen molar-refractivity contribution in [3.05, 3.63) is 35.1 Å². The Bertz CT molecular complexity index is 358. The van der Waals surface area contributed by atoms with Crippen LogP contribution in [0.1, 0.15) is 12.5 Å². The van der Waals surface area contributed by atoms with Crippen LogP contribution >= 0.6 is 0 Å². The maximum Gasteiger partial charge on any atom is 0.194 e. The molecule has 0 bridgehead atoms. The maximum atomic E-state index is 13.1. The first-order valence-electron chi connectivity index (χ1n) is 3.82. The standard InChI is InChI=1S/C9H7F3O/c1-9(4-13-9)5-2-3-6(10)8(12)7(5)11/h2-3H,4H2,1H3.